The van der Waals surface area contributed by atoms with E-state index in [-0.39, 0.29) is 6.09 Å². The van der Waals surface area contributed by atoms with Gasteiger partial charge in [-0.25, -0.2) is 4.79 Å². The standard InChI is InChI=1S/C17H25N3O3/c1-17(2,3)23-16(21)20-10-12-8-19(9-13(12)11-20)14-5-15(22-4)7-18-6-14/h5-7,12-13H,8-11H2,1-4H3/t12-,13+. The van der Waals surface area contributed by atoms with E-state index >= 15 is 0 Å². The van der Waals surface area contributed by atoms with Gasteiger partial charge in [-0.05, 0) is 20.8 Å². The second-order valence-electron chi connectivity index (χ2n) is 7.39. The molecule has 0 saturated carbocycles. The average molecular weight is 319 g/mol. The molecule has 126 valence electrons. The Morgan fingerprint density at radius 1 is 1.17 bits per heavy atom. The first kappa shape index (κ1) is 15.9. The van der Waals surface area contributed by atoms with Crippen molar-refractivity contribution >= 4 is 11.8 Å². The predicted octanol–water partition coefficient (Wildman–Crippen LogP) is 2.39. The second-order valence-corrected chi connectivity index (χ2v) is 7.39. The summed E-state index contributed by atoms with van der Waals surface area (Å²) >= 11 is 0. The maximum atomic E-state index is 12.2. The van der Waals surface area contributed by atoms with Gasteiger partial charge in [0.2, 0.25) is 0 Å². The van der Waals surface area contributed by atoms with Gasteiger partial charge in [0.25, 0.3) is 0 Å². The number of carbonyl (C=O) groups excluding carboxylic acids is 1. The molecule has 6 nitrogen and oxygen atoms in total. The first-order valence-corrected chi connectivity index (χ1v) is 8.07. The van der Waals surface area contributed by atoms with E-state index in [0.29, 0.717) is 11.8 Å². The van der Waals surface area contributed by atoms with Crippen LogP contribution in [0.25, 0.3) is 0 Å². The lowest BCUT2D eigenvalue weighted by Gasteiger charge is -2.26. The highest BCUT2D eigenvalue weighted by Crippen LogP contribution is 2.35. The quantitative estimate of drug-likeness (QED) is 0.838. The number of pyridine rings is 1. The van der Waals surface area contributed by atoms with E-state index in [4.69, 9.17) is 9.47 Å². The summed E-state index contributed by atoms with van der Waals surface area (Å²) in [5.41, 5.74) is 0.648. The summed E-state index contributed by atoms with van der Waals surface area (Å²) in [5, 5.41) is 0. The minimum absolute atomic E-state index is 0.193. The fourth-order valence-electron chi connectivity index (χ4n) is 3.37. The van der Waals surface area contributed by atoms with Gasteiger partial charge < -0.3 is 19.3 Å². The van der Waals surface area contributed by atoms with Gasteiger partial charge in [0.05, 0.1) is 25.2 Å². The SMILES string of the molecule is COc1cncc(N2C[C@H]3CN(C(=O)OC(C)(C)C)C[C@H]3C2)c1. The highest BCUT2D eigenvalue weighted by Gasteiger charge is 2.42. The lowest BCUT2D eigenvalue weighted by Crippen LogP contribution is -2.37. The van der Waals surface area contributed by atoms with Crippen molar-refractivity contribution in [3.05, 3.63) is 18.5 Å². The molecule has 0 unspecified atom stereocenters. The molecular formula is C17H25N3O3. The molecule has 0 radical (unpaired) electrons. The van der Waals surface area contributed by atoms with Crippen LogP contribution in [0.5, 0.6) is 5.75 Å². The zero-order chi connectivity index (χ0) is 16.6. The molecule has 1 aromatic heterocycles. The van der Waals surface area contributed by atoms with Gasteiger partial charge >= 0.3 is 6.09 Å². The van der Waals surface area contributed by atoms with Crippen molar-refractivity contribution in [3.63, 3.8) is 0 Å². The minimum Gasteiger partial charge on any atom is -0.495 e. The summed E-state index contributed by atoms with van der Waals surface area (Å²) in [6.45, 7) is 9.14. The van der Waals surface area contributed by atoms with Gasteiger partial charge in [-0.1, -0.05) is 0 Å². The third-order valence-corrected chi connectivity index (χ3v) is 4.44. The van der Waals surface area contributed by atoms with Crippen LogP contribution in [0.3, 0.4) is 0 Å². The highest BCUT2D eigenvalue weighted by molar-refractivity contribution is 5.68. The number of amides is 1. The lowest BCUT2D eigenvalue weighted by molar-refractivity contribution is 0.0282. The van der Waals surface area contributed by atoms with Crippen LogP contribution < -0.4 is 9.64 Å². The van der Waals surface area contributed by atoms with Crippen LogP contribution in [0.4, 0.5) is 10.5 Å². The van der Waals surface area contributed by atoms with Crippen LogP contribution in [-0.2, 0) is 4.74 Å². The average Bonchev–Trinajstić information content (AvgIpc) is 3.04. The van der Waals surface area contributed by atoms with Crippen LogP contribution in [0, 0.1) is 11.8 Å². The number of hydrogen-bond donors (Lipinski definition) is 0. The molecule has 0 N–H and O–H groups in total. The largest absolute Gasteiger partial charge is 0.495 e. The second kappa shape index (κ2) is 5.91. The van der Waals surface area contributed by atoms with E-state index in [0.717, 1.165) is 37.6 Å². The van der Waals surface area contributed by atoms with Crippen molar-refractivity contribution < 1.29 is 14.3 Å². The summed E-state index contributed by atoms with van der Waals surface area (Å²) in [6.07, 6.45) is 3.39. The van der Waals surface area contributed by atoms with E-state index in [1.54, 1.807) is 13.3 Å². The number of ether oxygens (including phenoxy) is 2. The Labute approximate surface area is 137 Å². The van der Waals surface area contributed by atoms with E-state index in [1.807, 2.05) is 37.9 Å². The number of methoxy groups -OCH3 is 1. The van der Waals surface area contributed by atoms with E-state index in [9.17, 15) is 4.79 Å². The van der Waals surface area contributed by atoms with Gasteiger partial charge in [0.1, 0.15) is 11.4 Å². The highest BCUT2D eigenvalue weighted by atomic mass is 16.6. The molecule has 0 bridgehead atoms. The Bertz CT molecular complexity index is 571. The van der Waals surface area contributed by atoms with Crippen LogP contribution in [-0.4, -0.2) is 54.9 Å². The number of rotatable bonds is 2. The Morgan fingerprint density at radius 3 is 2.39 bits per heavy atom. The first-order chi connectivity index (χ1) is 10.9. The Balaban J connectivity index is 1.60. The molecule has 0 aliphatic carbocycles. The van der Waals surface area contributed by atoms with Crippen molar-refractivity contribution in [2.75, 3.05) is 38.2 Å². The number of likely N-dealkylation sites (tertiary alicyclic amines) is 1. The molecule has 2 aliphatic rings. The van der Waals surface area contributed by atoms with Gasteiger partial charge in [-0.2, -0.15) is 0 Å². The van der Waals surface area contributed by atoms with Crippen molar-refractivity contribution in [2.24, 2.45) is 11.8 Å². The van der Waals surface area contributed by atoms with E-state index in [2.05, 4.69) is 9.88 Å². The Kier molecular flexibility index (Phi) is 4.08. The van der Waals surface area contributed by atoms with E-state index in [1.165, 1.54) is 0 Å². The van der Waals surface area contributed by atoms with Gasteiger partial charge in [-0.3, -0.25) is 4.98 Å². The van der Waals surface area contributed by atoms with Crippen LogP contribution in [0.2, 0.25) is 0 Å². The molecule has 2 fully saturated rings. The number of carbonyl (C=O) groups is 1. The molecule has 6 heteroatoms. The van der Waals surface area contributed by atoms with Crippen molar-refractivity contribution in [1.82, 2.24) is 9.88 Å². The van der Waals surface area contributed by atoms with Crippen molar-refractivity contribution in [3.8, 4) is 5.75 Å². The van der Waals surface area contributed by atoms with Gasteiger partial charge in [0.15, 0.2) is 0 Å². The number of nitrogens with zero attached hydrogens (tertiary/aromatic N) is 3. The smallest absolute Gasteiger partial charge is 0.410 e. The third-order valence-electron chi connectivity index (χ3n) is 4.44. The van der Waals surface area contributed by atoms with Crippen molar-refractivity contribution in [1.29, 1.82) is 0 Å². The van der Waals surface area contributed by atoms with Crippen LogP contribution in [0.1, 0.15) is 20.8 Å². The summed E-state index contributed by atoms with van der Waals surface area (Å²) in [4.78, 5) is 20.6. The van der Waals surface area contributed by atoms with Gasteiger partial charge in [-0.15, -0.1) is 0 Å². The Hall–Kier alpha value is -1.98. The number of fused-ring (bicyclic) bond motifs is 1. The molecule has 23 heavy (non-hydrogen) atoms. The predicted molar refractivity (Wildman–Crippen MR) is 87.8 cm³/mol. The molecule has 2 atom stereocenters. The zero-order valence-electron chi connectivity index (χ0n) is 14.3. The monoisotopic (exact) mass is 319 g/mol. The maximum Gasteiger partial charge on any atom is 0.410 e. The first-order valence-electron chi connectivity index (χ1n) is 8.07. The third kappa shape index (κ3) is 3.51. The topological polar surface area (TPSA) is 54.9 Å². The molecule has 2 saturated heterocycles. The van der Waals surface area contributed by atoms with Gasteiger partial charge in [0, 0.05) is 44.1 Å². The Morgan fingerprint density at radius 2 is 1.83 bits per heavy atom. The number of hydrogen-bond acceptors (Lipinski definition) is 5. The summed E-state index contributed by atoms with van der Waals surface area (Å²) in [5.74, 6) is 1.76. The number of anilines is 1. The zero-order valence-corrected chi connectivity index (χ0v) is 14.3. The molecule has 1 amide bonds. The summed E-state index contributed by atoms with van der Waals surface area (Å²) in [7, 11) is 1.65. The molecule has 0 aromatic carbocycles. The summed E-state index contributed by atoms with van der Waals surface area (Å²) < 4.78 is 10.7. The van der Waals surface area contributed by atoms with Crippen LogP contribution >= 0.6 is 0 Å². The molecule has 3 rings (SSSR count). The molecule has 3 heterocycles. The minimum atomic E-state index is -0.437. The fraction of sp³-hybridized carbons (Fsp3) is 0.647. The number of aromatic nitrogens is 1. The molecular weight excluding hydrogens is 294 g/mol. The molecule has 0 spiro atoms. The van der Waals surface area contributed by atoms with Crippen molar-refractivity contribution in [2.45, 2.75) is 26.4 Å². The summed E-state index contributed by atoms with van der Waals surface area (Å²) in [6, 6.07) is 2.01. The fourth-order valence-corrected chi connectivity index (χ4v) is 3.37. The van der Waals surface area contributed by atoms with Crippen LogP contribution in [0.15, 0.2) is 18.5 Å². The van der Waals surface area contributed by atoms with E-state index < -0.39 is 5.60 Å². The lowest BCUT2D eigenvalue weighted by atomic mass is 10.0. The maximum absolute atomic E-state index is 12.2. The molecule has 1 aromatic rings. The normalized spacial score (nSPS) is 23.8. The molecule has 2 aliphatic heterocycles.